The van der Waals surface area contributed by atoms with Crippen molar-refractivity contribution in [3.8, 4) is 5.75 Å². The number of hydrogen-bond donors (Lipinski definition) is 3. The highest BCUT2D eigenvalue weighted by atomic mass is 31.2. The molecule has 3 aromatic rings. The lowest BCUT2D eigenvalue weighted by atomic mass is 10.2. The quantitative estimate of drug-likeness (QED) is 0.0884. The van der Waals surface area contributed by atoms with E-state index in [1.54, 1.807) is 62.4 Å². The van der Waals surface area contributed by atoms with Gasteiger partial charge in [-0.15, -0.1) is 0 Å². The summed E-state index contributed by atoms with van der Waals surface area (Å²) in [6.45, 7) is 5.86. The molecule has 0 spiro atoms. The molecule has 0 saturated carbocycles. The van der Waals surface area contributed by atoms with Crippen LogP contribution in [0.15, 0.2) is 54.7 Å². The van der Waals surface area contributed by atoms with Crippen LogP contribution < -0.4 is 20.7 Å². The highest BCUT2D eigenvalue weighted by molar-refractivity contribution is 7.53. The van der Waals surface area contributed by atoms with Crippen molar-refractivity contribution in [2.24, 2.45) is 0 Å². The van der Waals surface area contributed by atoms with Crippen LogP contribution in [0.4, 0.5) is 34.5 Å². The molecule has 1 amide bonds. The van der Waals surface area contributed by atoms with Crippen LogP contribution in [0.25, 0.3) is 0 Å². The van der Waals surface area contributed by atoms with Crippen LogP contribution in [0.3, 0.4) is 0 Å². The van der Waals surface area contributed by atoms with Crippen LogP contribution in [0.2, 0.25) is 0 Å². The number of nitrogens with zero attached hydrogens (tertiary/aromatic N) is 3. The lowest BCUT2D eigenvalue weighted by Crippen LogP contribution is -2.09. The molecule has 0 aliphatic carbocycles. The molecule has 0 bridgehead atoms. The molecule has 0 unspecified atom stereocenters. The first kappa shape index (κ1) is 29.5. The summed E-state index contributed by atoms with van der Waals surface area (Å²) in [4.78, 5) is 30.8. The third-order valence-corrected chi connectivity index (χ3v) is 7.23. The van der Waals surface area contributed by atoms with Gasteiger partial charge in [0.15, 0.2) is 0 Å². The monoisotopic (exact) mass is 558 g/mol. The Morgan fingerprint density at radius 2 is 1.69 bits per heavy atom. The van der Waals surface area contributed by atoms with Gasteiger partial charge in [-0.2, -0.15) is 4.98 Å². The smallest absolute Gasteiger partial charge is 0.330 e. The van der Waals surface area contributed by atoms with E-state index in [0.717, 1.165) is 6.20 Å². The number of carbonyl (C=O) groups excluding carboxylic acids is 1. The molecule has 1 aromatic heterocycles. The highest BCUT2D eigenvalue weighted by Crippen LogP contribution is 2.48. The summed E-state index contributed by atoms with van der Waals surface area (Å²) in [5.74, 6) is 0.389. The Morgan fingerprint density at radius 1 is 1.03 bits per heavy atom. The van der Waals surface area contributed by atoms with E-state index in [1.165, 1.54) is 6.92 Å². The predicted octanol–water partition coefficient (Wildman–Crippen LogP) is 5.87. The third kappa shape index (κ3) is 9.02. The molecule has 1 heterocycles. The molecular formula is C25H31N6O7P. The minimum absolute atomic E-state index is 0.0494. The van der Waals surface area contributed by atoms with Crippen LogP contribution in [0.5, 0.6) is 5.75 Å². The zero-order valence-electron chi connectivity index (χ0n) is 21.9. The van der Waals surface area contributed by atoms with Gasteiger partial charge in [-0.1, -0.05) is 12.1 Å². The van der Waals surface area contributed by atoms with Gasteiger partial charge in [-0.25, -0.2) is 4.98 Å². The fourth-order valence-corrected chi connectivity index (χ4v) is 5.09. The Kier molecular flexibility index (Phi) is 10.7. The lowest BCUT2D eigenvalue weighted by molar-refractivity contribution is -0.384. The van der Waals surface area contributed by atoms with Gasteiger partial charge in [0.05, 0.1) is 42.3 Å². The van der Waals surface area contributed by atoms with Crippen LogP contribution in [0.1, 0.15) is 27.2 Å². The molecule has 0 aliphatic rings. The number of rotatable bonds is 15. The Hall–Kier alpha value is -4.06. The van der Waals surface area contributed by atoms with Crippen molar-refractivity contribution >= 4 is 48.0 Å². The topological polar surface area (TPSA) is 167 Å². The van der Waals surface area contributed by atoms with Crippen molar-refractivity contribution in [2.75, 3.05) is 41.9 Å². The Bertz CT molecular complexity index is 1310. The molecule has 39 heavy (non-hydrogen) atoms. The van der Waals surface area contributed by atoms with Crippen LogP contribution in [0, 0.1) is 10.1 Å². The van der Waals surface area contributed by atoms with Crippen molar-refractivity contribution in [2.45, 2.75) is 27.2 Å². The molecule has 0 saturated heterocycles. The van der Waals surface area contributed by atoms with Gasteiger partial charge < -0.3 is 29.7 Å². The van der Waals surface area contributed by atoms with Crippen molar-refractivity contribution in [1.29, 1.82) is 0 Å². The number of para-hydroxylation sites is 2. The molecule has 3 N–H and O–H groups in total. The van der Waals surface area contributed by atoms with E-state index in [-0.39, 0.29) is 29.5 Å². The van der Waals surface area contributed by atoms with Gasteiger partial charge in [0.25, 0.3) is 0 Å². The maximum atomic E-state index is 12.5. The van der Waals surface area contributed by atoms with Crippen molar-refractivity contribution < 1.29 is 28.1 Å². The molecular weight excluding hydrogens is 527 g/mol. The average Bonchev–Trinajstić information content (AvgIpc) is 2.89. The summed E-state index contributed by atoms with van der Waals surface area (Å²) in [7, 11) is -3.10. The molecule has 0 radical (unpaired) electrons. The van der Waals surface area contributed by atoms with E-state index in [0.29, 0.717) is 49.1 Å². The van der Waals surface area contributed by atoms with E-state index in [1.807, 2.05) is 0 Å². The van der Waals surface area contributed by atoms with E-state index >= 15 is 0 Å². The molecule has 13 nitrogen and oxygen atoms in total. The Morgan fingerprint density at radius 3 is 2.31 bits per heavy atom. The van der Waals surface area contributed by atoms with E-state index < -0.39 is 12.5 Å². The average molecular weight is 559 g/mol. The van der Waals surface area contributed by atoms with E-state index in [9.17, 15) is 19.5 Å². The van der Waals surface area contributed by atoms with E-state index in [4.69, 9.17) is 13.8 Å². The van der Waals surface area contributed by atoms with Gasteiger partial charge in [0.2, 0.25) is 17.7 Å². The fourth-order valence-electron chi connectivity index (χ4n) is 3.45. The van der Waals surface area contributed by atoms with Gasteiger partial charge >= 0.3 is 13.3 Å². The number of aromatic nitrogens is 2. The van der Waals surface area contributed by atoms with Gasteiger partial charge in [-0.05, 0) is 56.7 Å². The number of amides is 1. The van der Waals surface area contributed by atoms with Crippen LogP contribution >= 0.6 is 7.60 Å². The second kappa shape index (κ2) is 14.2. The van der Waals surface area contributed by atoms with Gasteiger partial charge in [0, 0.05) is 12.6 Å². The number of nitro groups is 1. The normalized spacial score (nSPS) is 11.1. The predicted molar refractivity (Wildman–Crippen MR) is 148 cm³/mol. The molecule has 208 valence electrons. The summed E-state index contributed by atoms with van der Waals surface area (Å²) in [5.41, 5.74) is 1.17. The maximum absolute atomic E-state index is 12.5. The summed E-state index contributed by atoms with van der Waals surface area (Å²) in [5, 5.41) is 20.2. The molecule has 0 fully saturated rings. The van der Waals surface area contributed by atoms with Crippen molar-refractivity contribution in [3.05, 3.63) is 64.8 Å². The summed E-state index contributed by atoms with van der Waals surface area (Å²) >= 11 is 0. The standard InChI is InChI=1S/C25H31N6O7P/c1-4-37-39(35,38-5-2)16-8-15-36-20-13-11-19(12-14-20)28-25-26-17-23(31(33)34)24(30-25)29-22-10-7-6-9-21(22)27-18(3)32/h6-7,9-14,17H,4-5,8,15-16H2,1-3H3,(H,27,32)(H2,26,28,29,30). The van der Waals surface area contributed by atoms with Crippen LogP contribution in [-0.2, 0) is 18.4 Å². The molecule has 3 rings (SSSR count). The summed E-state index contributed by atoms with van der Waals surface area (Å²) in [6, 6.07) is 13.7. The highest BCUT2D eigenvalue weighted by Gasteiger charge is 2.23. The second-order valence-electron chi connectivity index (χ2n) is 8.06. The molecule has 14 heteroatoms. The van der Waals surface area contributed by atoms with Gasteiger partial charge in [0.1, 0.15) is 11.9 Å². The third-order valence-electron chi connectivity index (χ3n) is 5.06. The Balaban J connectivity index is 1.65. The van der Waals surface area contributed by atoms with Crippen molar-refractivity contribution in [1.82, 2.24) is 9.97 Å². The fraction of sp³-hybridized carbons (Fsp3) is 0.320. The van der Waals surface area contributed by atoms with Crippen molar-refractivity contribution in [3.63, 3.8) is 0 Å². The minimum atomic E-state index is -3.10. The SMILES string of the molecule is CCOP(=O)(CCCOc1ccc(Nc2ncc([N+](=O)[O-])c(Nc3ccccc3NC(C)=O)n2)cc1)OCC. The minimum Gasteiger partial charge on any atom is -0.494 e. The lowest BCUT2D eigenvalue weighted by Gasteiger charge is -2.16. The first-order valence-electron chi connectivity index (χ1n) is 12.3. The van der Waals surface area contributed by atoms with Crippen LogP contribution in [-0.4, -0.2) is 46.8 Å². The zero-order valence-corrected chi connectivity index (χ0v) is 22.8. The number of benzene rings is 2. The number of ether oxygens (including phenoxy) is 1. The zero-order chi connectivity index (χ0) is 28.3. The number of carbonyl (C=O) groups is 1. The second-order valence-corrected chi connectivity index (χ2v) is 10.2. The molecule has 2 aromatic carbocycles. The van der Waals surface area contributed by atoms with Gasteiger partial charge in [-0.3, -0.25) is 19.5 Å². The number of hydrogen-bond acceptors (Lipinski definition) is 11. The molecule has 0 aliphatic heterocycles. The maximum Gasteiger partial charge on any atom is 0.330 e. The number of nitrogens with one attached hydrogen (secondary N) is 3. The first-order valence-corrected chi connectivity index (χ1v) is 14.0. The largest absolute Gasteiger partial charge is 0.494 e. The molecule has 0 atom stereocenters. The first-order chi connectivity index (χ1) is 18.7. The summed E-state index contributed by atoms with van der Waals surface area (Å²) in [6.07, 6.45) is 1.85. The van der Waals surface area contributed by atoms with E-state index in [2.05, 4.69) is 25.9 Å². The summed E-state index contributed by atoms with van der Waals surface area (Å²) < 4.78 is 28.8. The Labute approximate surface area is 226 Å². The number of anilines is 5.